The molecule has 4 aliphatic rings. The molecule has 2 saturated heterocycles. The predicted molar refractivity (Wildman–Crippen MR) is 343 cm³/mol. The lowest BCUT2D eigenvalue weighted by Gasteiger charge is -2.27. The van der Waals surface area contributed by atoms with Crippen molar-refractivity contribution in [1.29, 1.82) is 0 Å². The highest BCUT2D eigenvalue weighted by molar-refractivity contribution is 7.55. The maximum absolute atomic E-state index is 16.1. The van der Waals surface area contributed by atoms with Gasteiger partial charge in [0.1, 0.15) is 48.1 Å². The van der Waals surface area contributed by atoms with E-state index in [9.17, 15) is 20.4 Å². The topological polar surface area (TPSA) is 300 Å². The minimum absolute atomic E-state index is 0.0636. The lowest BCUT2D eigenvalue weighted by atomic mass is 10.1. The second kappa shape index (κ2) is 28.4. The van der Waals surface area contributed by atoms with Crippen LogP contribution in [0, 0.1) is 0 Å². The molecule has 0 bridgehead atoms. The third-order valence-electron chi connectivity index (χ3n) is 16.5. The van der Waals surface area contributed by atoms with E-state index < -0.39 is 97.4 Å². The van der Waals surface area contributed by atoms with E-state index in [-0.39, 0.29) is 76.7 Å². The summed E-state index contributed by atoms with van der Waals surface area (Å²) < 4.78 is 100. The fraction of sp³-hybridized carbons (Fsp3) is 0.414. The number of rotatable bonds is 24. The molecule has 4 aromatic heterocycles. The Morgan fingerprint density at radius 1 is 0.554 bits per heavy atom. The van der Waals surface area contributed by atoms with Gasteiger partial charge in [-0.2, -0.15) is 19.9 Å². The largest absolute Gasteiger partial charge is 0.700 e. The molecule has 0 amide bonds. The van der Waals surface area contributed by atoms with Crippen molar-refractivity contribution in [3.63, 3.8) is 0 Å². The summed E-state index contributed by atoms with van der Waals surface area (Å²) in [6, 6.07) is 23.2. The van der Waals surface area contributed by atoms with Crippen LogP contribution in [0.25, 0.3) is 22.3 Å². The molecule has 25 nitrogen and oxygen atoms in total. The van der Waals surface area contributed by atoms with Gasteiger partial charge in [-0.05, 0) is 110 Å². The Bertz CT molecular complexity index is 3850. The average molecular weight is 1440 g/mol. The van der Waals surface area contributed by atoms with E-state index in [0.717, 1.165) is 51.4 Å². The van der Waals surface area contributed by atoms with Crippen LogP contribution in [0.15, 0.2) is 110 Å². The molecule has 488 valence electrons. The number of fused-ring (bicyclic) bond motifs is 2. The average Bonchev–Trinajstić information content (AvgIpc) is 1.60. The molecule has 0 spiro atoms. The van der Waals surface area contributed by atoms with E-state index in [2.05, 4.69) is 29.9 Å². The van der Waals surface area contributed by atoms with E-state index in [4.69, 9.17) is 106 Å². The molecule has 8 aromatic rings. The van der Waals surface area contributed by atoms with Crippen LogP contribution in [-0.2, 0) is 41.3 Å². The van der Waals surface area contributed by atoms with E-state index in [1.807, 2.05) is 23.9 Å². The number of halogens is 6. The molecular weight excluding hydrogens is 1380 g/mol. The number of ether oxygens (including phenoxy) is 2. The fourth-order valence-corrected chi connectivity index (χ4v) is 18.1. The first-order chi connectivity index (χ1) is 44.1. The van der Waals surface area contributed by atoms with Crippen LogP contribution in [0.2, 0.25) is 30.7 Å². The van der Waals surface area contributed by atoms with Gasteiger partial charge in [-0.1, -0.05) is 118 Å². The summed E-state index contributed by atoms with van der Waals surface area (Å²) in [5.74, 6) is -3.54. The van der Waals surface area contributed by atoms with Crippen LogP contribution in [0.3, 0.4) is 0 Å². The van der Waals surface area contributed by atoms with Crippen LogP contribution in [-0.4, -0.2) is 135 Å². The second-order valence-corrected chi connectivity index (χ2v) is 29.8. The summed E-state index contributed by atoms with van der Waals surface area (Å²) in [6.45, 7) is -1.60. The van der Waals surface area contributed by atoms with Crippen molar-refractivity contribution in [1.82, 2.24) is 39.0 Å². The second-order valence-electron chi connectivity index (χ2n) is 22.5. The van der Waals surface area contributed by atoms with E-state index in [0.29, 0.717) is 22.7 Å². The van der Waals surface area contributed by atoms with Gasteiger partial charge < -0.3 is 48.7 Å². The molecule has 12 atom stereocenters. The Hall–Kier alpha value is -4.92. The predicted octanol–water partition coefficient (Wildman–Crippen LogP) is 13.2. The van der Waals surface area contributed by atoms with Crippen LogP contribution < -0.4 is 18.8 Å². The Kier molecular flexibility index (Phi) is 20.7. The van der Waals surface area contributed by atoms with Gasteiger partial charge in [0.15, 0.2) is 46.4 Å². The number of aliphatic hydroxyl groups is 4. The maximum Gasteiger partial charge on any atom is 0.700 e. The van der Waals surface area contributed by atoms with Crippen molar-refractivity contribution in [2.75, 3.05) is 37.1 Å². The zero-order valence-corrected chi connectivity index (χ0v) is 56.0. The van der Waals surface area contributed by atoms with Crippen molar-refractivity contribution in [2.24, 2.45) is 0 Å². The molecule has 4 unspecified atom stereocenters. The quantitative estimate of drug-likeness (QED) is 0.0323. The molecule has 0 radical (unpaired) electrons. The molecule has 2 aliphatic carbocycles. The Labute approximate surface area is 557 Å². The Balaban J connectivity index is 0.849. The molecule has 34 heteroatoms. The lowest BCUT2D eigenvalue weighted by Crippen LogP contribution is -2.34. The number of hydrogen-bond acceptors (Lipinski definition) is 23. The van der Waals surface area contributed by atoms with Crippen molar-refractivity contribution in [3.8, 4) is 11.5 Å². The molecule has 4 fully saturated rings. The first-order valence-electron chi connectivity index (χ1n) is 29.1. The smallest absolute Gasteiger partial charge is 0.422 e. The summed E-state index contributed by atoms with van der Waals surface area (Å²) in [5, 5.41) is 47.0. The number of nitrogens with zero attached hydrogens (tertiary/aromatic N) is 10. The SMILES string of the molecule is CN(c1nc(Cl)nc2c1ncn2[C@@H]1O[C@H](COP(=O)(Oc2cccc(Cl)c2)C(O[P+](=O)OC(c2cccc(Cl)c2)P(=O)(OC[C@H]2O[C@@H](n3cnc4c(N(C)C5CCCC5)nc(Cl)nc43)[C@H](O)[C@@H]2O)Oc2cccc(Cl)c2)c2cccc(Cl)c2)[C@@H](O)[C@H]1O)C1CCCC1. The Morgan fingerprint density at radius 3 is 1.29 bits per heavy atom. The van der Waals surface area contributed by atoms with Gasteiger partial charge in [-0.15, -0.1) is 0 Å². The molecule has 2 aliphatic heterocycles. The Morgan fingerprint density at radius 2 is 0.924 bits per heavy atom. The van der Waals surface area contributed by atoms with Crippen LogP contribution in [0.5, 0.6) is 11.5 Å². The number of hydrogen-bond donors (Lipinski definition) is 4. The van der Waals surface area contributed by atoms with Crippen molar-refractivity contribution >= 4 is 127 Å². The molecular formula is C58H60Cl6N10O15P3+. The zero-order valence-electron chi connectivity index (χ0n) is 48.8. The van der Waals surface area contributed by atoms with Crippen molar-refractivity contribution in [2.45, 2.75) is 124 Å². The van der Waals surface area contributed by atoms with Gasteiger partial charge in [0.2, 0.25) is 10.6 Å². The summed E-state index contributed by atoms with van der Waals surface area (Å²) in [7, 11) is -10.3. The minimum Gasteiger partial charge on any atom is -0.422 e. The highest BCUT2D eigenvalue weighted by Crippen LogP contribution is 2.68. The van der Waals surface area contributed by atoms with Crippen LogP contribution in [0.1, 0.15) is 86.6 Å². The highest BCUT2D eigenvalue weighted by Gasteiger charge is 2.55. The third-order valence-corrected chi connectivity index (χ3v) is 22.8. The van der Waals surface area contributed by atoms with Crippen molar-refractivity contribution < 1.29 is 70.7 Å². The van der Waals surface area contributed by atoms with Crippen LogP contribution in [0.4, 0.5) is 11.6 Å². The normalized spacial score (nSPS) is 24.2. The van der Waals surface area contributed by atoms with Crippen LogP contribution >= 0.6 is 93.1 Å². The number of anilines is 2. The number of aliphatic hydroxyl groups excluding tert-OH is 4. The van der Waals surface area contributed by atoms with Gasteiger partial charge >= 0.3 is 23.4 Å². The van der Waals surface area contributed by atoms with Crippen molar-refractivity contribution in [3.05, 3.63) is 152 Å². The first kappa shape index (κ1) is 67.1. The molecule has 4 N–H and O–H groups in total. The summed E-state index contributed by atoms with van der Waals surface area (Å²) in [5.41, 5.74) is 0.966. The highest BCUT2D eigenvalue weighted by atomic mass is 35.5. The standard InChI is InChI=1S/C58H60Cl6N10O15P3/c1-71(37-17-3-4-18-37)49-43-51(69-57(63)67-49)73(29-65-43)53-47(77)45(75)41(84-53)27-82-91(80,88-39-21-9-15-35(61)25-39)55(31-11-7-13-33(59)23-31)86-90(79)87-56(32-12-8-14-34(60)24-32)92(81,89-40-22-10-16-36(62)26-40)83-28-42-46(76)48(78)54(85-42)74-30-66-44-50(68-58(64)70-52(44)74)72(2)38-19-5-6-20-38/h7-16,21-26,29-30,37-38,41-42,45-48,53-56,75-78H,3-6,17-20,27-28H2,1-2H3/q+1/t41-,42-,45-,46-,47-,48-,53-,54-,55?,56?,91?,92?/m1/s1. The molecule has 2 saturated carbocycles. The minimum atomic E-state index is -5.14. The maximum atomic E-state index is 16.1. The van der Waals surface area contributed by atoms with E-state index >= 15 is 13.7 Å². The monoisotopic (exact) mass is 1440 g/mol. The molecule has 4 aromatic carbocycles. The zero-order chi connectivity index (χ0) is 64.8. The summed E-state index contributed by atoms with van der Waals surface area (Å²) in [6.07, 6.45) is -1.77. The van der Waals surface area contributed by atoms with Gasteiger partial charge in [0.25, 0.3) is 11.7 Å². The van der Waals surface area contributed by atoms with Gasteiger partial charge in [-0.3, -0.25) is 18.2 Å². The summed E-state index contributed by atoms with van der Waals surface area (Å²) in [4.78, 5) is 31.0. The lowest BCUT2D eigenvalue weighted by molar-refractivity contribution is -0.0494. The van der Waals surface area contributed by atoms with Gasteiger partial charge in [-0.25, -0.2) is 19.1 Å². The first-order valence-corrected chi connectivity index (χ1v) is 35.7. The summed E-state index contributed by atoms with van der Waals surface area (Å²) >= 11 is 39.0. The van der Waals surface area contributed by atoms with E-state index in [1.54, 1.807) is 0 Å². The third kappa shape index (κ3) is 14.3. The number of imidazole rings is 2. The van der Waals surface area contributed by atoms with Gasteiger partial charge in [0.05, 0.1) is 25.9 Å². The molecule has 92 heavy (non-hydrogen) atoms. The number of aromatic nitrogens is 8. The van der Waals surface area contributed by atoms with E-state index in [1.165, 1.54) is 119 Å². The number of benzene rings is 4. The molecule has 12 rings (SSSR count). The van der Waals surface area contributed by atoms with Gasteiger partial charge in [0, 0.05) is 62.0 Å². The fourth-order valence-electron chi connectivity index (χ4n) is 11.8. The molecule has 6 heterocycles.